The SMILES string of the molecule is CCN(CC)c1ccc(/N=N/c2sc(C=O)c(S(=O)(=O)O)c2C#N)c(Nc2nc(Nc3cc(N(CC)CC)ccc3/N=N/c3sc(C=O)c(S(=O)(=O)O)c3C#N)nc(SCCS(=O)(=O)O)n2)c1. The van der Waals surface area contributed by atoms with Gasteiger partial charge in [-0.25, -0.2) is 0 Å². The smallest absolute Gasteiger partial charge is 0.297 e. The molecule has 67 heavy (non-hydrogen) atoms. The van der Waals surface area contributed by atoms with Crippen molar-refractivity contribution in [1.29, 1.82) is 10.5 Å². The first-order chi connectivity index (χ1) is 31.7. The van der Waals surface area contributed by atoms with E-state index in [1.165, 1.54) is 0 Å². The van der Waals surface area contributed by atoms with Crippen molar-refractivity contribution in [2.24, 2.45) is 20.5 Å². The van der Waals surface area contributed by atoms with Crippen molar-refractivity contribution in [3.05, 3.63) is 57.3 Å². The minimum Gasteiger partial charge on any atom is -0.372 e. The third kappa shape index (κ3) is 12.8. The van der Waals surface area contributed by atoms with Crippen molar-refractivity contribution in [3.63, 3.8) is 0 Å². The molecule has 0 fully saturated rings. The summed E-state index contributed by atoms with van der Waals surface area (Å²) in [5.74, 6) is -1.20. The third-order valence-corrected chi connectivity index (χ3v) is 15.1. The number of anilines is 6. The predicted molar refractivity (Wildman–Crippen MR) is 250 cm³/mol. The first-order valence-electron chi connectivity index (χ1n) is 19.2. The number of nitrogens with one attached hydrogen (secondary N) is 2. The van der Waals surface area contributed by atoms with Crippen LogP contribution in [0.2, 0.25) is 0 Å². The molecule has 5 aromatic rings. The van der Waals surface area contributed by atoms with Crippen LogP contribution in [-0.4, -0.2) is 104 Å². The highest BCUT2D eigenvalue weighted by molar-refractivity contribution is 8.00. The molecule has 352 valence electrons. The molecule has 24 nitrogen and oxygen atoms in total. The molecule has 0 aliphatic heterocycles. The largest absolute Gasteiger partial charge is 0.372 e. The van der Waals surface area contributed by atoms with Crippen LogP contribution < -0.4 is 20.4 Å². The van der Waals surface area contributed by atoms with Gasteiger partial charge in [0.2, 0.25) is 11.9 Å². The van der Waals surface area contributed by atoms with E-state index in [4.69, 9.17) is 0 Å². The highest BCUT2D eigenvalue weighted by Gasteiger charge is 2.29. The standard InChI is InChI=1S/C37H37N13O11S6/c1-5-49(6-2)21-9-11-25(45-47-33-23(17-38)31(66(56,57)58)29(19-51)63-33)27(15-21)40-35-42-36(44-37(43-35)62-13-14-65(53,54)55)41-28-16-22(50(7-3)8-4)10-12-26(28)46-48-34-24(18-39)32(67(59,60)61)30(20-52)64-34/h9-12,15-16,19-20H,5-8,13-14H2,1-4H3,(H,53,54,55)(H,56,57,58)(H,59,60,61)(H2,40,41,42,43,44)/b47-45+,48-46+. The molecule has 3 heterocycles. The van der Waals surface area contributed by atoms with E-state index in [0.717, 1.165) is 11.8 Å². The molecule has 0 radical (unpaired) electrons. The lowest BCUT2D eigenvalue weighted by atomic mass is 10.2. The number of thiophene rings is 2. The van der Waals surface area contributed by atoms with Gasteiger partial charge in [0, 0.05) is 43.3 Å². The summed E-state index contributed by atoms with van der Waals surface area (Å²) < 4.78 is 101. The van der Waals surface area contributed by atoms with Crippen LogP contribution in [0.25, 0.3) is 0 Å². The summed E-state index contributed by atoms with van der Waals surface area (Å²) in [6.45, 7) is 10.0. The number of carbonyl (C=O) groups is 2. The minimum absolute atomic E-state index is 0.0532. The number of hydrogen-bond acceptors (Lipinski definition) is 24. The molecule has 0 saturated carbocycles. The van der Waals surface area contributed by atoms with Crippen molar-refractivity contribution in [2.45, 2.75) is 42.6 Å². The average molecular weight is 1030 g/mol. The fourth-order valence-electron chi connectivity index (χ4n) is 6.05. The van der Waals surface area contributed by atoms with Gasteiger partial charge in [-0.15, -0.1) is 43.1 Å². The Bertz CT molecular complexity index is 3000. The van der Waals surface area contributed by atoms with Crippen molar-refractivity contribution < 1.29 is 48.5 Å². The Balaban J connectivity index is 1.67. The number of nitrogens with zero attached hydrogens (tertiary/aromatic N) is 11. The van der Waals surface area contributed by atoms with Gasteiger partial charge in [0.1, 0.15) is 44.4 Å². The van der Waals surface area contributed by atoms with E-state index in [9.17, 15) is 59.0 Å². The number of thioether (sulfide) groups is 1. The number of azo groups is 2. The number of carbonyl (C=O) groups excluding carboxylic acids is 2. The van der Waals surface area contributed by atoms with Crippen molar-refractivity contribution >= 4 is 133 Å². The van der Waals surface area contributed by atoms with E-state index >= 15 is 0 Å². The van der Waals surface area contributed by atoms with E-state index in [-0.39, 0.29) is 68.1 Å². The van der Waals surface area contributed by atoms with Crippen molar-refractivity contribution in [3.8, 4) is 12.1 Å². The zero-order valence-electron chi connectivity index (χ0n) is 35.3. The normalized spacial score (nSPS) is 12.0. The van der Waals surface area contributed by atoms with Crippen LogP contribution >= 0.6 is 34.4 Å². The highest BCUT2D eigenvalue weighted by Crippen LogP contribution is 2.42. The Morgan fingerprint density at radius 3 is 1.40 bits per heavy atom. The number of benzene rings is 2. The maximum absolute atomic E-state index is 12.1. The summed E-state index contributed by atoms with van der Waals surface area (Å²) in [4.78, 5) is 38.1. The second kappa shape index (κ2) is 22.0. The summed E-state index contributed by atoms with van der Waals surface area (Å²) in [6, 6.07) is 13.1. The van der Waals surface area contributed by atoms with Gasteiger partial charge >= 0.3 is 0 Å². The van der Waals surface area contributed by atoms with E-state index in [2.05, 4.69) is 46.0 Å². The molecule has 0 spiro atoms. The Morgan fingerprint density at radius 2 is 1.07 bits per heavy atom. The Morgan fingerprint density at radius 1 is 0.672 bits per heavy atom. The molecule has 5 N–H and O–H groups in total. The highest BCUT2D eigenvalue weighted by atomic mass is 32.2. The number of hydrogen-bond donors (Lipinski definition) is 5. The minimum atomic E-state index is -5.01. The fourth-order valence-corrected chi connectivity index (χ4v) is 11.7. The van der Waals surface area contributed by atoms with Gasteiger partial charge in [-0.3, -0.25) is 23.2 Å². The summed E-state index contributed by atoms with van der Waals surface area (Å²) in [5, 5.41) is 41.6. The Hall–Kier alpha value is -6.35. The second-order valence-corrected chi connectivity index (χ2v) is 20.6. The molecular formula is C37H37N13O11S6. The van der Waals surface area contributed by atoms with E-state index in [0.29, 0.717) is 60.2 Å². The van der Waals surface area contributed by atoms with Gasteiger partial charge in [-0.1, -0.05) is 11.8 Å². The Labute approximate surface area is 395 Å². The zero-order chi connectivity index (χ0) is 49.3. The summed E-state index contributed by atoms with van der Waals surface area (Å²) >= 11 is 1.85. The summed E-state index contributed by atoms with van der Waals surface area (Å²) in [5.41, 5.74) is 0.715. The molecule has 0 aliphatic carbocycles. The molecule has 0 unspecified atom stereocenters. The number of rotatable bonds is 22. The number of aromatic nitrogens is 3. The van der Waals surface area contributed by atoms with Crippen LogP contribution in [0.3, 0.4) is 0 Å². The van der Waals surface area contributed by atoms with Crippen molar-refractivity contribution in [1.82, 2.24) is 15.0 Å². The molecule has 30 heteroatoms. The van der Waals surface area contributed by atoms with Gasteiger partial charge < -0.3 is 20.4 Å². The van der Waals surface area contributed by atoms with Crippen LogP contribution in [0.4, 0.5) is 56.0 Å². The average Bonchev–Trinajstić information content (AvgIpc) is 3.84. The van der Waals surface area contributed by atoms with Crippen LogP contribution in [0.1, 0.15) is 58.2 Å². The third-order valence-electron chi connectivity index (χ3n) is 9.09. The molecule has 2 aromatic carbocycles. The van der Waals surface area contributed by atoms with Gasteiger partial charge in [-0.2, -0.15) is 50.7 Å². The molecule has 3 aromatic heterocycles. The topological polar surface area (TPSA) is 363 Å². The Kier molecular flexibility index (Phi) is 16.9. The van der Waals surface area contributed by atoms with Crippen LogP contribution in [-0.2, 0) is 30.4 Å². The lowest BCUT2D eigenvalue weighted by Gasteiger charge is -2.22. The van der Waals surface area contributed by atoms with Crippen LogP contribution in [0, 0.1) is 22.7 Å². The quantitative estimate of drug-likeness (QED) is 0.0190. The van der Waals surface area contributed by atoms with E-state index in [1.807, 2.05) is 37.5 Å². The second-order valence-electron chi connectivity index (χ2n) is 13.2. The first-order valence-corrected chi connectivity index (χ1v) is 26.3. The number of aldehydes is 2. The summed E-state index contributed by atoms with van der Waals surface area (Å²) in [6.07, 6.45) is 0.314. The molecular weight excluding hydrogens is 995 g/mol. The molecule has 5 rings (SSSR count). The number of nitriles is 2. The fraction of sp³-hybridized carbons (Fsp3) is 0.270. The molecule has 0 saturated heterocycles. The maximum atomic E-state index is 12.1. The van der Waals surface area contributed by atoms with Crippen LogP contribution in [0.5, 0.6) is 0 Å². The first kappa shape index (κ1) is 51.6. The van der Waals surface area contributed by atoms with E-state index in [1.54, 1.807) is 48.5 Å². The van der Waals surface area contributed by atoms with Gasteiger partial charge in [-0.05, 0) is 64.1 Å². The monoisotopic (exact) mass is 1030 g/mol. The predicted octanol–water partition coefficient (Wildman–Crippen LogP) is 7.85. The van der Waals surface area contributed by atoms with Crippen molar-refractivity contribution in [2.75, 3.05) is 58.1 Å². The molecule has 0 aliphatic rings. The zero-order valence-corrected chi connectivity index (χ0v) is 40.2. The summed E-state index contributed by atoms with van der Waals surface area (Å²) in [7, 11) is -14.4. The van der Waals surface area contributed by atoms with E-state index < -0.39 is 66.8 Å². The molecule has 0 atom stereocenters. The lowest BCUT2D eigenvalue weighted by molar-refractivity contribution is 0.111. The van der Waals surface area contributed by atoms with Gasteiger partial charge in [0.25, 0.3) is 30.4 Å². The molecule has 0 amide bonds. The lowest BCUT2D eigenvalue weighted by Crippen LogP contribution is -2.21. The van der Waals surface area contributed by atoms with Gasteiger partial charge in [0.05, 0.1) is 26.9 Å². The maximum Gasteiger partial charge on any atom is 0.297 e. The molecule has 0 bridgehead atoms. The van der Waals surface area contributed by atoms with Gasteiger partial charge in [0.15, 0.2) is 27.7 Å². The van der Waals surface area contributed by atoms with Crippen LogP contribution in [0.15, 0.2) is 71.8 Å².